The third-order valence-electron chi connectivity index (χ3n) is 5.90. The molecule has 2 aromatic carbocycles. The largest absolute Gasteiger partial charge is 0.507 e. The fourth-order valence-corrected chi connectivity index (χ4v) is 4.32. The zero-order valence-electron chi connectivity index (χ0n) is 16.2. The molecule has 5 nitrogen and oxygen atoms in total. The number of aromatic nitrogens is 2. The smallest absolute Gasteiger partial charge is 0.159 e. The molecular formula is C22H22ClFN4O. The van der Waals surface area contributed by atoms with Crippen molar-refractivity contribution in [2.75, 3.05) is 38.1 Å². The number of halogens is 2. The molecule has 0 bridgehead atoms. The van der Waals surface area contributed by atoms with Gasteiger partial charge in [-0.25, -0.2) is 4.39 Å². The highest BCUT2D eigenvalue weighted by molar-refractivity contribution is 6.34. The molecule has 1 N–H and O–H groups in total. The Morgan fingerprint density at radius 3 is 2.52 bits per heavy atom. The van der Waals surface area contributed by atoms with Crippen molar-refractivity contribution in [1.29, 1.82) is 0 Å². The molecule has 2 aliphatic rings. The van der Waals surface area contributed by atoms with E-state index in [1.54, 1.807) is 0 Å². The average Bonchev–Trinajstić information content (AvgIpc) is 3.53. The van der Waals surface area contributed by atoms with Gasteiger partial charge in [0.1, 0.15) is 11.6 Å². The van der Waals surface area contributed by atoms with Crippen LogP contribution in [0.3, 0.4) is 0 Å². The maximum atomic E-state index is 14.5. The zero-order valence-corrected chi connectivity index (χ0v) is 17.0. The maximum absolute atomic E-state index is 14.5. The highest BCUT2D eigenvalue weighted by Crippen LogP contribution is 2.46. The van der Waals surface area contributed by atoms with Gasteiger partial charge in [-0.15, -0.1) is 5.10 Å². The normalized spacial score (nSPS) is 17.8. The lowest BCUT2D eigenvalue weighted by Crippen LogP contribution is -2.45. The highest BCUT2D eigenvalue weighted by atomic mass is 35.5. The molecule has 1 saturated carbocycles. The van der Waals surface area contributed by atoms with Gasteiger partial charge in [0, 0.05) is 53.5 Å². The lowest BCUT2D eigenvalue weighted by atomic mass is 9.98. The van der Waals surface area contributed by atoms with Gasteiger partial charge in [-0.1, -0.05) is 17.7 Å². The van der Waals surface area contributed by atoms with E-state index in [9.17, 15) is 9.50 Å². The van der Waals surface area contributed by atoms with Crippen LogP contribution in [0.4, 0.5) is 10.2 Å². The Labute approximate surface area is 173 Å². The second-order valence-corrected chi connectivity index (χ2v) is 8.39. The summed E-state index contributed by atoms with van der Waals surface area (Å²) in [6.07, 6.45) is 2.17. The Morgan fingerprint density at radius 1 is 1.07 bits per heavy atom. The van der Waals surface area contributed by atoms with Gasteiger partial charge in [0.05, 0.1) is 11.3 Å². The zero-order chi connectivity index (χ0) is 20.1. The number of phenolic OH excluding ortho intramolecular Hbond substituents is 1. The van der Waals surface area contributed by atoms with Crippen molar-refractivity contribution in [3.63, 3.8) is 0 Å². The number of benzene rings is 2. The summed E-state index contributed by atoms with van der Waals surface area (Å²) >= 11 is 6.61. The predicted octanol–water partition coefficient (Wildman–Crippen LogP) is 4.42. The Balaban J connectivity index is 1.71. The number of hydrogen-bond donors (Lipinski definition) is 1. The van der Waals surface area contributed by atoms with Crippen LogP contribution in [0.2, 0.25) is 5.02 Å². The summed E-state index contributed by atoms with van der Waals surface area (Å²) in [6.45, 7) is 3.66. The molecule has 0 amide bonds. The first-order valence-corrected chi connectivity index (χ1v) is 10.3. The standard InChI is InChI=1S/C22H22ClFN4O/c1-27-7-9-28(10-8-27)22-15-12-17(23)16(20-18(24)3-2-4-19(20)29)11-14(15)21(25-26-22)13-5-6-13/h2-4,11-13,29H,5-10H2,1H3. The molecule has 1 saturated heterocycles. The molecule has 3 aromatic rings. The molecule has 150 valence electrons. The van der Waals surface area contributed by atoms with Crippen molar-refractivity contribution in [2.24, 2.45) is 0 Å². The van der Waals surface area contributed by atoms with Gasteiger partial charge < -0.3 is 14.9 Å². The second-order valence-electron chi connectivity index (χ2n) is 7.99. The highest BCUT2D eigenvalue weighted by Gasteiger charge is 2.30. The Hall–Kier alpha value is -2.44. The number of likely N-dealkylation sites (N-methyl/N-ethyl adjacent to an activating group) is 1. The molecule has 7 heteroatoms. The molecule has 1 aliphatic carbocycles. The van der Waals surface area contributed by atoms with Crippen LogP contribution in [0.5, 0.6) is 5.75 Å². The van der Waals surface area contributed by atoms with Crippen molar-refractivity contribution in [2.45, 2.75) is 18.8 Å². The van der Waals surface area contributed by atoms with Crippen molar-refractivity contribution >= 4 is 28.2 Å². The monoisotopic (exact) mass is 412 g/mol. The molecule has 1 aromatic heterocycles. The molecule has 0 radical (unpaired) electrons. The number of anilines is 1. The minimum absolute atomic E-state index is 0.124. The summed E-state index contributed by atoms with van der Waals surface area (Å²) in [5.41, 5.74) is 1.54. The van der Waals surface area contributed by atoms with E-state index in [2.05, 4.69) is 27.0 Å². The van der Waals surface area contributed by atoms with E-state index in [1.165, 1.54) is 18.2 Å². The minimum atomic E-state index is -0.500. The summed E-state index contributed by atoms with van der Waals surface area (Å²) in [5, 5.41) is 21.7. The van der Waals surface area contributed by atoms with Crippen molar-refractivity contribution in [3.8, 4) is 16.9 Å². The molecule has 2 fully saturated rings. The van der Waals surface area contributed by atoms with Gasteiger partial charge in [-0.05, 0) is 44.2 Å². The Bertz CT molecular complexity index is 1070. The minimum Gasteiger partial charge on any atom is -0.507 e. The molecule has 29 heavy (non-hydrogen) atoms. The molecule has 5 rings (SSSR count). The number of aromatic hydroxyl groups is 1. The lowest BCUT2D eigenvalue weighted by molar-refractivity contribution is 0.312. The van der Waals surface area contributed by atoms with Gasteiger partial charge in [0.2, 0.25) is 0 Å². The maximum Gasteiger partial charge on any atom is 0.159 e. The number of piperazine rings is 1. The van der Waals surface area contributed by atoms with Crippen LogP contribution in [0.15, 0.2) is 30.3 Å². The number of hydrogen-bond acceptors (Lipinski definition) is 5. The van der Waals surface area contributed by atoms with Gasteiger partial charge in [0.15, 0.2) is 5.82 Å². The molecule has 0 unspecified atom stereocenters. The van der Waals surface area contributed by atoms with Gasteiger partial charge in [0.25, 0.3) is 0 Å². The second kappa shape index (κ2) is 7.11. The topological polar surface area (TPSA) is 52.5 Å². The van der Waals surface area contributed by atoms with Crippen LogP contribution < -0.4 is 4.90 Å². The van der Waals surface area contributed by atoms with Gasteiger partial charge >= 0.3 is 0 Å². The van der Waals surface area contributed by atoms with Crippen molar-refractivity contribution in [1.82, 2.24) is 15.1 Å². The number of rotatable bonds is 3. The summed E-state index contributed by atoms with van der Waals surface area (Å²) in [5.74, 6) is 0.583. The fraction of sp³-hybridized carbons (Fsp3) is 0.364. The number of nitrogens with zero attached hydrogens (tertiary/aromatic N) is 4. The van der Waals surface area contributed by atoms with Crippen LogP contribution in [-0.4, -0.2) is 53.4 Å². The summed E-state index contributed by atoms with van der Waals surface area (Å²) in [7, 11) is 2.11. The van der Waals surface area contributed by atoms with E-state index in [0.29, 0.717) is 16.5 Å². The Morgan fingerprint density at radius 2 is 1.83 bits per heavy atom. The summed E-state index contributed by atoms with van der Waals surface area (Å²) in [6, 6.07) is 8.01. The number of phenols is 1. The van der Waals surface area contributed by atoms with Crippen LogP contribution in [0.25, 0.3) is 21.9 Å². The van der Waals surface area contributed by atoms with Gasteiger partial charge in [-0.2, -0.15) is 5.10 Å². The van der Waals surface area contributed by atoms with Crippen molar-refractivity contribution in [3.05, 3.63) is 46.9 Å². The number of fused-ring (bicyclic) bond motifs is 1. The first-order chi connectivity index (χ1) is 14.0. The van der Waals surface area contributed by atoms with Crippen molar-refractivity contribution < 1.29 is 9.50 Å². The van der Waals surface area contributed by atoms with Crippen LogP contribution in [-0.2, 0) is 0 Å². The van der Waals surface area contributed by atoms with Crippen LogP contribution in [0, 0.1) is 5.82 Å². The van der Waals surface area contributed by atoms with Gasteiger partial charge in [-0.3, -0.25) is 0 Å². The van der Waals surface area contributed by atoms with E-state index < -0.39 is 5.82 Å². The summed E-state index contributed by atoms with van der Waals surface area (Å²) < 4.78 is 14.5. The Kier molecular flexibility index (Phi) is 4.56. The average molecular weight is 413 g/mol. The molecular weight excluding hydrogens is 391 g/mol. The molecule has 0 atom stereocenters. The predicted molar refractivity (Wildman–Crippen MR) is 113 cm³/mol. The SMILES string of the molecule is CN1CCN(c2nnc(C3CC3)c3cc(-c4c(O)cccc4F)c(Cl)cc23)CC1. The van der Waals surface area contributed by atoms with Crippen LogP contribution in [0.1, 0.15) is 24.5 Å². The molecule has 2 heterocycles. The lowest BCUT2D eigenvalue weighted by Gasteiger charge is -2.33. The van der Waals surface area contributed by atoms with E-state index in [1.807, 2.05) is 12.1 Å². The molecule has 0 spiro atoms. The first kappa shape index (κ1) is 18.6. The van der Waals surface area contributed by atoms with E-state index in [0.717, 1.165) is 61.3 Å². The molecule has 1 aliphatic heterocycles. The van der Waals surface area contributed by atoms with Crippen LogP contribution >= 0.6 is 11.6 Å². The van der Waals surface area contributed by atoms with E-state index >= 15 is 0 Å². The summed E-state index contributed by atoms with van der Waals surface area (Å²) in [4.78, 5) is 4.53. The first-order valence-electron chi connectivity index (χ1n) is 9.94. The third-order valence-corrected chi connectivity index (χ3v) is 6.22. The quantitative estimate of drug-likeness (QED) is 0.690. The van der Waals surface area contributed by atoms with E-state index in [-0.39, 0.29) is 11.3 Å². The van der Waals surface area contributed by atoms with E-state index in [4.69, 9.17) is 11.6 Å². The fourth-order valence-electron chi connectivity index (χ4n) is 4.06. The third kappa shape index (κ3) is 3.30.